The molecule has 1 fully saturated rings. The third kappa shape index (κ3) is 4.90. The smallest absolute Gasteiger partial charge is 0.338 e. The highest BCUT2D eigenvalue weighted by Crippen LogP contribution is 2.22. The largest absolute Gasteiger partial charge is 0.454 e. The van der Waals surface area contributed by atoms with Gasteiger partial charge in [0.25, 0.3) is 0 Å². The Hall–Kier alpha value is -3.67. The zero-order valence-electron chi connectivity index (χ0n) is 19.3. The highest BCUT2D eigenvalue weighted by atomic mass is 16.5. The molecule has 1 amide bonds. The zero-order chi connectivity index (χ0) is 23.5. The summed E-state index contributed by atoms with van der Waals surface area (Å²) in [6, 6.07) is 17.0. The number of nitrogens with zero attached hydrogens (tertiary/aromatic N) is 2. The van der Waals surface area contributed by atoms with E-state index in [4.69, 9.17) is 4.74 Å². The molecule has 0 radical (unpaired) electrons. The molecule has 0 spiro atoms. The van der Waals surface area contributed by atoms with Crippen LogP contribution in [0, 0.1) is 20.8 Å². The maximum absolute atomic E-state index is 12.9. The number of aromatic nitrogens is 1. The standard InChI is InChI=1S/C27H28N2O4/c1-18-9-11-23(12-10-18)29-19(2)14-24(20(29)3)25(30)17-33-27(32)22-7-4-6-21(15-22)16-28-13-5-8-26(28)31/h4,6-7,9-12,14-15H,5,8,13,16-17H2,1-3H3. The van der Waals surface area contributed by atoms with E-state index < -0.39 is 5.97 Å². The predicted molar refractivity (Wildman–Crippen MR) is 126 cm³/mol. The Morgan fingerprint density at radius 3 is 2.45 bits per heavy atom. The lowest BCUT2D eigenvalue weighted by Crippen LogP contribution is -2.24. The summed E-state index contributed by atoms with van der Waals surface area (Å²) < 4.78 is 7.36. The molecule has 4 rings (SSSR count). The molecule has 0 atom stereocenters. The number of hydrogen-bond acceptors (Lipinski definition) is 4. The lowest BCUT2D eigenvalue weighted by molar-refractivity contribution is -0.128. The van der Waals surface area contributed by atoms with Crippen molar-refractivity contribution in [3.8, 4) is 5.69 Å². The van der Waals surface area contributed by atoms with Crippen LogP contribution in [0.15, 0.2) is 54.6 Å². The van der Waals surface area contributed by atoms with Crippen LogP contribution in [0.1, 0.15) is 56.1 Å². The number of benzene rings is 2. The molecular formula is C27H28N2O4. The van der Waals surface area contributed by atoms with Crippen LogP contribution in [-0.2, 0) is 16.1 Å². The van der Waals surface area contributed by atoms with E-state index >= 15 is 0 Å². The quantitative estimate of drug-likeness (QED) is 0.396. The van der Waals surface area contributed by atoms with Gasteiger partial charge in [-0.1, -0.05) is 29.8 Å². The molecular weight excluding hydrogens is 416 g/mol. The fraction of sp³-hybridized carbons (Fsp3) is 0.296. The molecule has 3 aromatic rings. The van der Waals surface area contributed by atoms with E-state index in [1.54, 1.807) is 23.1 Å². The van der Waals surface area contributed by atoms with E-state index in [1.165, 1.54) is 5.56 Å². The van der Waals surface area contributed by atoms with Crippen LogP contribution in [0.2, 0.25) is 0 Å². The fourth-order valence-electron chi connectivity index (χ4n) is 4.32. The van der Waals surface area contributed by atoms with Crippen molar-refractivity contribution in [3.63, 3.8) is 0 Å². The number of amides is 1. The van der Waals surface area contributed by atoms with Gasteiger partial charge in [-0.05, 0) is 63.1 Å². The Balaban J connectivity index is 1.42. The highest BCUT2D eigenvalue weighted by molar-refractivity contribution is 6.00. The lowest BCUT2D eigenvalue weighted by Gasteiger charge is -2.15. The first-order valence-corrected chi connectivity index (χ1v) is 11.2. The van der Waals surface area contributed by atoms with Crippen LogP contribution >= 0.6 is 0 Å². The van der Waals surface area contributed by atoms with Crippen molar-refractivity contribution in [1.82, 2.24) is 9.47 Å². The number of ether oxygens (including phenoxy) is 1. The molecule has 170 valence electrons. The SMILES string of the molecule is Cc1ccc(-n2c(C)cc(C(=O)COC(=O)c3cccc(CN4CCCC4=O)c3)c2C)cc1. The Bertz CT molecular complexity index is 1210. The van der Waals surface area contributed by atoms with E-state index in [9.17, 15) is 14.4 Å². The van der Waals surface area contributed by atoms with Gasteiger partial charge in [0.1, 0.15) is 0 Å². The first-order chi connectivity index (χ1) is 15.8. The van der Waals surface area contributed by atoms with E-state index in [2.05, 4.69) is 0 Å². The fourth-order valence-corrected chi connectivity index (χ4v) is 4.32. The molecule has 0 saturated carbocycles. The molecule has 1 aliphatic heterocycles. The molecule has 1 aliphatic rings. The third-order valence-electron chi connectivity index (χ3n) is 6.07. The van der Waals surface area contributed by atoms with Crippen molar-refractivity contribution in [3.05, 3.63) is 88.2 Å². The molecule has 1 saturated heterocycles. The number of Topliss-reactive ketones (excluding diaryl/α,β-unsaturated/α-hetero) is 1. The van der Waals surface area contributed by atoms with Crippen LogP contribution in [0.4, 0.5) is 0 Å². The van der Waals surface area contributed by atoms with Gasteiger partial charge in [-0.2, -0.15) is 0 Å². The zero-order valence-corrected chi connectivity index (χ0v) is 19.3. The second-order valence-corrected chi connectivity index (χ2v) is 8.57. The number of carbonyl (C=O) groups excluding carboxylic acids is 3. The monoisotopic (exact) mass is 444 g/mol. The number of aryl methyl sites for hydroxylation is 2. The average molecular weight is 445 g/mol. The van der Waals surface area contributed by atoms with Gasteiger partial charge in [0.15, 0.2) is 6.61 Å². The second-order valence-electron chi connectivity index (χ2n) is 8.57. The summed E-state index contributed by atoms with van der Waals surface area (Å²) in [7, 11) is 0. The van der Waals surface area contributed by atoms with E-state index in [-0.39, 0.29) is 18.3 Å². The molecule has 6 heteroatoms. The van der Waals surface area contributed by atoms with Gasteiger partial charge in [-0.15, -0.1) is 0 Å². The van der Waals surface area contributed by atoms with Gasteiger partial charge in [-0.3, -0.25) is 9.59 Å². The van der Waals surface area contributed by atoms with Gasteiger partial charge in [0.05, 0.1) is 5.56 Å². The molecule has 6 nitrogen and oxygen atoms in total. The molecule has 0 bridgehead atoms. The lowest BCUT2D eigenvalue weighted by atomic mass is 10.1. The van der Waals surface area contributed by atoms with Crippen molar-refractivity contribution in [2.45, 2.75) is 40.2 Å². The first-order valence-electron chi connectivity index (χ1n) is 11.2. The van der Waals surface area contributed by atoms with Crippen molar-refractivity contribution >= 4 is 17.7 Å². The maximum atomic E-state index is 12.9. The summed E-state index contributed by atoms with van der Waals surface area (Å²) in [5.41, 5.74) is 5.69. The Labute approximate surface area is 193 Å². The minimum absolute atomic E-state index is 0.136. The molecule has 2 heterocycles. The molecule has 2 aromatic carbocycles. The van der Waals surface area contributed by atoms with Crippen LogP contribution in [-0.4, -0.2) is 40.3 Å². The van der Waals surface area contributed by atoms with Crippen molar-refractivity contribution in [2.24, 2.45) is 0 Å². The summed E-state index contributed by atoms with van der Waals surface area (Å²) >= 11 is 0. The topological polar surface area (TPSA) is 68.6 Å². The Kier molecular flexibility index (Phi) is 6.45. The number of hydrogen-bond donors (Lipinski definition) is 0. The van der Waals surface area contributed by atoms with Crippen LogP contribution in [0.25, 0.3) is 5.69 Å². The summed E-state index contributed by atoms with van der Waals surface area (Å²) in [5.74, 6) is -0.657. The van der Waals surface area contributed by atoms with Gasteiger partial charge in [-0.25, -0.2) is 4.79 Å². The number of ketones is 1. The Morgan fingerprint density at radius 2 is 1.76 bits per heavy atom. The normalized spacial score (nSPS) is 13.4. The minimum atomic E-state index is -0.551. The summed E-state index contributed by atoms with van der Waals surface area (Å²) in [6.07, 6.45) is 1.45. The van der Waals surface area contributed by atoms with E-state index in [0.29, 0.717) is 24.1 Å². The van der Waals surface area contributed by atoms with Gasteiger partial charge >= 0.3 is 5.97 Å². The molecule has 0 unspecified atom stereocenters. The predicted octanol–water partition coefficient (Wildman–Crippen LogP) is 4.56. The van der Waals surface area contributed by atoms with Crippen LogP contribution in [0.3, 0.4) is 0 Å². The van der Waals surface area contributed by atoms with Crippen molar-refractivity contribution in [2.75, 3.05) is 13.2 Å². The minimum Gasteiger partial charge on any atom is -0.454 e. The second kappa shape index (κ2) is 9.45. The summed E-state index contributed by atoms with van der Waals surface area (Å²) in [4.78, 5) is 39.1. The van der Waals surface area contributed by atoms with Gasteiger partial charge in [0.2, 0.25) is 11.7 Å². The van der Waals surface area contributed by atoms with Crippen LogP contribution in [0.5, 0.6) is 0 Å². The van der Waals surface area contributed by atoms with E-state index in [0.717, 1.165) is 35.6 Å². The Morgan fingerprint density at radius 1 is 1.00 bits per heavy atom. The molecule has 1 aromatic heterocycles. The summed E-state index contributed by atoms with van der Waals surface area (Å²) in [5, 5.41) is 0. The molecule has 33 heavy (non-hydrogen) atoms. The maximum Gasteiger partial charge on any atom is 0.338 e. The molecule has 0 N–H and O–H groups in total. The molecule has 0 aliphatic carbocycles. The van der Waals surface area contributed by atoms with Crippen LogP contribution < -0.4 is 0 Å². The number of rotatable bonds is 7. The van der Waals surface area contributed by atoms with Crippen molar-refractivity contribution in [1.29, 1.82) is 0 Å². The van der Waals surface area contributed by atoms with Gasteiger partial charge in [0, 0.05) is 42.1 Å². The number of carbonyl (C=O) groups is 3. The number of esters is 1. The van der Waals surface area contributed by atoms with E-state index in [1.807, 2.05) is 61.7 Å². The average Bonchev–Trinajstić information content (AvgIpc) is 3.34. The third-order valence-corrected chi connectivity index (χ3v) is 6.07. The first kappa shape index (κ1) is 22.5. The summed E-state index contributed by atoms with van der Waals surface area (Å²) in [6.45, 7) is 6.76. The number of likely N-dealkylation sites (tertiary alicyclic amines) is 1. The highest BCUT2D eigenvalue weighted by Gasteiger charge is 2.21. The van der Waals surface area contributed by atoms with Gasteiger partial charge < -0.3 is 14.2 Å². The van der Waals surface area contributed by atoms with Crippen molar-refractivity contribution < 1.29 is 19.1 Å².